The fourth-order valence-corrected chi connectivity index (χ4v) is 1.94. The molecular weight excluding hydrogens is 198 g/mol. The number of rotatable bonds is 2. The summed E-state index contributed by atoms with van der Waals surface area (Å²) in [7, 11) is 0. The molecule has 1 N–H and O–H groups in total. The number of nitrogens with one attached hydrogen (secondary N) is 1. The largest absolute Gasteiger partial charge is 0.346 e. The molecular formula is C14H17NO. The minimum Gasteiger partial charge on any atom is -0.346 e. The van der Waals surface area contributed by atoms with E-state index in [9.17, 15) is 4.79 Å². The Balaban J connectivity index is 1.96. The average molecular weight is 215 g/mol. The lowest BCUT2D eigenvalue weighted by Crippen LogP contribution is -2.33. The SMILES string of the molecule is O=C(NC1C=CCCCC1)c1ccccc1. The number of amides is 1. The molecule has 1 amide bonds. The molecule has 0 saturated heterocycles. The van der Waals surface area contributed by atoms with Crippen LogP contribution in [0.15, 0.2) is 42.5 Å². The summed E-state index contributed by atoms with van der Waals surface area (Å²) in [5.41, 5.74) is 0.736. The molecule has 1 unspecified atom stereocenters. The molecule has 0 bridgehead atoms. The van der Waals surface area contributed by atoms with Crippen LogP contribution in [0.4, 0.5) is 0 Å². The second-order valence-electron chi connectivity index (χ2n) is 4.16. The molecule has 2 rings (SSSR count). The molecule has 1 atom stereocenters. The molecule has 1 aliphatic carbocycles. The maximum atomic E-state index is 11.9. The van der Waals surface area contributed by atoms with Gasteiger partial charge in [0.05, 0.1) is 0 Å². The fraction of sp³-hybridized carbons (Fsp3) is 0.357. The van der Waals surface area contributed by atoms with Crippen LogP contribution in [0.3, 0.4) is 0 Å². The molecule has 1 aromatic carbocycles. The molecule has 1 aromatic rings. The topological polar surface area (TPSA) is 29.1 Å². The Morgan fingerprint density at radius 3 is 2.81 bits per heavy atom. The fourth-order valence-electron chi connectivity index (χ4n) is 1.94. The summed E-state index contributed by atoms with van der Waals surface area (Å²) in [5.74, 6) is 0.0251. The summed E-state index contributed by atoms with van der Waals surface area (Å²) >= 11 is 0. The van der Waals surface area contributed by atoms with Crippen LogP contribution in [-0.2, 0) is 0 Å². The lowest BCUT2D eigenvalue weighted by Gasteiger charge is -2.13. The summed E-state index contributed by atoms with van der Waals surface area (Å²) < 4.78 is 0. The van der Waals surface area contributed by atoms with Gasteiger partial charge in [-0.15, -0.1) is 0 Å². The summed E-state index contributed by atoms with van der Waals surface area (Å²) in [6, 6.07) is 9.58. The van der Waals surface area contributed by atoms with Crippen molar-refractivity contribution in [2.75, 3.05) is 0 Å². The monoisotopic (exact) mass is 215 g/mol. The molecule has 2 nitrogen and oxygen atoms in total. The Morgan fingerprint density at radius 1 is 1.19 bits per heavy atom. The Bertz CT molecular complexity index is 370. The van der Waals surface area contributed by atoms with Crippen molar-refractivity contribution in [1.82, 2.24) is 5.32 Å². The van der Waals surface area contributed by atoms with Crippen molar-refractivity contribution in [2.24, 2.45) is 0 Å². The van der Waals surface area contributed by atoms with Gasteiger partial charge in [0.1, 0.15) is 0 Å². The van der Waals surface area contributed by atoms with Crippen molar-refractivity contribution in [3.8, 4) is 0 Å². The van der Waals surface area contributed by atoms with Crippen molar-refractivity contribution in [3.63, 3.8) is 0 Å². The summed E-state index contributed by atoms with van der Waals surface area (Å²) in [6.45, 7) is 0. The number of hydrogen-bond donors (Lipinski definition) is 1. The van der Waals surface area contributed by atoms with Crippen LogP contribution in [0.5, 0.6) is 0 Å². The zero-order valence-corrected chi connectivity index (χ0v) is 9.36. The van der Waals surface area contributed by atoms with Crippen molar-refractivity contribution < 1.29 is 4.79 Å². The number of hydrogen-bond acceptors (Lipinski definition) is 1. The minimum atomic E-state index is 0.0251. The first-order valence-corrected chi connectivity index (χ1v) is 5.89. The maximum Gasteiger partial charge on any atom is 0.251 e. The highest BCUT2D eigenvalue weighted by atomic mass is 16.1. The molecule has 1 aliphatic rings. The molecule has 0 aromatic heterocycles. The number of carbonyl (C=O) groups is 1. The molecule has 84 valence electrons. The Labute approximate surface area is 96.4 Å². The Hall–Kier alpha value is -1.57. The Morgan fingerprint density at radius 2 is 2.00 bits per heavy atom. The maximum absolute atomic E-state index is 11.9. The molecule has 0 fully saturated rings. The lowest BCUT2D eigenvalue weighted by molar-refractivity contribution is 0.0943. The second-order valence-corrected chi connectivity index (χ2v) is 4.16. The standard InChI is InChI=1S/C14H17NO/c16-14(12-8-4-3-5-9-12)15-13-10-6-1-2-7-11-13/h3-6,8-10,13H,1-2,7,11H2,(H,15,16). The highest BCUT2D eigenvalue weighted by molar-refractivity contribution is 5.94. The first-order chi connectivity index (χ1) is 7.86. The van der Waals surface area contributed by atoms with Gasteiger partial charge in [0, 0.05) is 11.6 Å². The van der Waals surface area contributed by atoms with E-state index in [0.29, 0.717) is 0 Å². The predicted molar refractivity (Wildman–Crippen MR) is 65.3 cm³/mol. The van der Waals surface area contributed by atoms with Crippen LogP contribution in [0.25, 0.3) is 0 Å². The summed E-state index contributed by atoms with van der Waals surface area (Å²) in [6.07, 6.45) is 8.89. The number of carbonyl (C=O) groups excluding carboxylic acids is 1. The van der Waals surface area contributed by atoms with E-state index in [1.807, 2.05) is 30.3 Å². The smallest absolute Gasteiger partial charge is 0.251 e. The minimum absolute atomic E-state index is 0.0251. The normalized spacial score (nSPS) is 20.1. The average Bonchev–Trinajstić information content (AvgIpc) is 2.59. The van der Waals surface area contributed by atoms with Gasteiger partial charge in [0.15, 0.2) is 0 Å². The second kappa shape index (κ2) is 5.50. The highest BCUT2D eigenvalue weighted by Gasteiger charge is 2.11. The van der Waals surface area contributed by atoms with E-state index in [1.165, 1.54) is 12.8 Å². The van der Waals surface area contributed by atoms with E-state index in [2.05, 4.69) is 17.5 Å². The van der Waals surface area contributed by atoms with Crippen molar-refractivity contribution >= 4 is 5.91 Å². The zero-order chi connectivity index (χ0) is 11.2. The van der Waals surface area contributed by atoms with Crippen LogP contribution < -0.4 is 5.32 Å². The molecule has 2 heteroatoms. The van der Waals surface area contributed by atoms with Gasteiger partial charge >= 0.3 is 0 Å². The van der Waals surface area contributed by atoms with Crippen LogP contribution in [0.1, 0.15) is 36.0 Å². The lowest BCUT2D eigenvalue weighted by atomic mass is 10.1. The molecule has 0 heterocycles. The van der Waals surface area contributed by atoms with Crippen molar-refractivity contribution in [3.05, 3.63) is 48.0 Å². The van der Waals surface area contributed by atoms with E-state index in [0.717, 1.165) is 18.4 Å². The van der Waals surface area contributed by atoms with E-state index in [1.54, 1.807) is 0 Å². The van der Waals surface area contributed by atoms with E-state index >= 15 is 0 Å². The quantitative estimate of drug-likeness (QED) is 0.755. The van der Waals surface area contributed by atoms with Gasteiger partial charge in [-0.05, 0) is 31.4 Å². The first-order valence-electron chi connectivity index (χ1n) is 5.89. The molecule has 0 radical (unpaired) electrons. The van der Waals surface area contributed by atoms with Crippen LogP contribution in [0, 0.1) is 0 Å². The predicted octanol–water partition coefficient (Wildman–Crippen LogP) is 2.92. The molecule has 0 aliphatic heterocycles. The Kier molecular flexibility index (Phi) is 3.76. The first kappa shape index (κ1) is 10.9. The highest BCUT2D eigenvalue weighted by Crippen LogP contribution is 2.11. The molecule has 0 spiro atoms. The zero-order valence-electron chi connectivity index (χ0n) is 9.36. The third-order valence-corrected chi connectivity index (χ3v) is 2.86. The summed E-state index contributed by atoms with van der Waals surface area (Å²) in [5, 5.41) is 3.05. The van der Waals surface area contributed by atoms with Crippen molar-refractivity contribution in [1.29, 1.82) is 0 Å². The third-order valence-electron chi connectivity index (χ3n) is 2.86. The van der Waals surface area contributed by atoms with Gasteiger partial charge in [-0.3, -0.25) is 4.79 Å². The van der Waals surface area contributed by atoms with Gasteiger partial charge < -0.3 is 5.32 Å². The summed E-state index contributed by atoms with van der Waals surface area (Å²) in [4.78, 5) is 11.9. The van der Waals surface area contributed by atoms with Crippen molar-refractivity contribution in [2.45, 2.75) is 31.7 Å². The van der Waals surface area contributed by atoms with Gasteiger partial charge in [0.2, 0.25) is 0 Å². The van der Waals surface area contributed by atoms with E-state index in [4.69, 9.17) is 0 Å². The van der Waals surface area contributed by atoms with Gasteiger partial charge in [0.25, 0.3) is 5.91 Å². The van der Waals surface area contributed by atoms with Gasteiger partial charge in [-0.1, -0.05) is 36.8 Å². The number of benzene rings is 1. The van der Waals surface area contributed by atoms with E-state index in [-0.39, 0.29) is 11.9 Å². The van der Waals surface area contributed by atoms with Crippen LogP contribution >= 0.6 is 0 Å². The molecule has 0 saturated carbocycles. The van der Waals surface area contributed by atoms with E-state index < -0.39 is 0 Å². The molecule has 16 heavy (non-hydrogen) atoms. The van der Waals surface area contributed by atoms with Gasteiger partial charge in [-0.25, -0.2) is 0 Å². The van der Waals surface area contributed by atoms with Gasteiger partial charge in [-0.2, -0.15) is 0 Å². The van der Waals surface area contributed by atoms with Crippen LogP contribution in [-0.4, -0.2) is 11.9 Å². The third kappa shape index (κ3) is 2.96. The number of allylic oxidation sites excluding steroid dienone is 1. The van der Waals surface area contributed by atoms with Crippen LogP contribution in [0.2, 0.25) is 0 Å².